The molecule has 2 aliphatic rings. The van der Waals surface area contributed by atoms with Gasteiger partial charge in [0.25, 0.3) is 0 Å². The van der Waals surface area contributed by atoms with Gasteiger partial charge < -0.3 is 38.5 Å². The largest absolute Gasteiger partial charge is 0.458 e. The van der Waals surface area contributed by atoms with Gasteiger partial charge in [0.2, 0.25) is 0 Å². The second-order valence-corrected chi connectivity index (χ2v) is 11.3. The number of alkyl carbamates (subject to hydrolysis) is 1. The number of nitrogens with one attached hydrogen (secondary N) is 1. The summed E-state index contributed by atoms with van der Waals surface area (Å²) in [5.74, 6) is -3.49. The number of amides is 1. The van der Waals surface area contributed by atoms with E-state index in [0.29, 0.717) is 0 Å². The Labute approximate surface area is 267 Å². The van der Waals surface area contributed by atoms with Gasteiger partial charge >= 0.3 is 30.0 Å². The number of carbonyl (C=O) groups excluding carboxylic acids is 5. The van der Waals surface area contributed by atoms with E-state index in [0.717, 1.165) is 27.7 Å². The molecule has 22 heteroatoms. The first kappa shape index (κ1) is 38.2. The quantitative estimate of drug-likeness (QED) is 0.109. The van der Waals surface area contributed by atoms with Crippen LogP contribution < -0.4 is 5.32 Å². The third kappa shape index (κ3) is 11.4. The van der Waals surface area contributed by atoms with Crippen LogP contribution in [0.25, 0.3) is 31.3 Å². The molecule has 1 aliphatic carbocycles. The molecule has 2 rings (SSSR count). The minimum Gasteiger partial charge on any atom is -0.458 e. The van der Waals surface area contributed by atoms with Crippen LogP contribution in [0.1, 0.15) is 54.9 Å². The molecule has 1 amide bonds. The smallest absolute Gasteiger partial charge is 0.408 e. The van der Waals surface area contributed by atoms with Crippen LogP contribution in [-0.2, 0) is 52.3 Å². The van der Waals surface area contributed by atoms with Crippen molar-refractivity contribution >= 4 is 30.0 Å². The minimum absolute atomic E-state index is 0.281. The summed E-state index contributed by atoms with van der Waals surface area (Å²) in [4.78, 5) is 70.0. The summed E-state index contributed by atoms with van der Waals surface area (Å²) in [5.41, 5.74) is 26.5. The van der Waals surface area contributed by atoms with Crippen molar-refractivity contribution in [3.05, 3.63) is 31.3 Å². The first-order chi connectivity index (χ1) is 22.0. The minimum atomic E-state index is -1.74. The summed E-state index contributed by atoms with van der Waals surface area (Å²) in [5, 5.41) is 13.3. The average molecular weight is 669 g/mol. The van der Waals surface area contributed by atoms with Crippen molar-refractivity contribution in [1.29, 1.82) is 0 Å². The van der Waals surface area contributed by atoms with E-state index in [1.54, 1.807) is 20.8 Å². The number of nitrogens with zero attached hydrogens (tertiary/aromatic N) is 9. The zero-order valence-electron chi connectivity index (χ0n) is 26.6. The Hall–Kier alpha value is -5.00. The highest BCUT2D eigenvalue weighted by Crippen LogP contribution is 2.36. The topological polar surface area (TPSA) is 308 Å². The molecule has 1 aliphatic heterocycles. The normalized spacial score (nSPS) is 30.0. The maximum absolute atomic E-state index is 13.0. The Balaban J connectivity index is 2.77. The number of ether oxygens (including phenoxy) is 7. The average Bonchev–Trinajstić information content (AvgIpc) is 2.92. The monoisotopic (exact) mass is 668 g/mol. The highest BCUT2D eigenvalue weighted by molar-refractivity contribution is 5.70. The molecule has 1 heterocycles. The lowest BCUT2D eigenvalue weighted by Gasteiger charge is -2.48. The van der Waals surface area contributed by atoms with E-state index in [9.17, 15) is 29.5 Å². The third-order valence-corrected chi connectivity index (χ3v) is 6.44. The highest BCUT2D eigenvalue weighted by atomic mass is 16.7. The van der Waals surface area contributed by atoms with Crippen LogP contribution in [0.15, 0.2) is 15.3 Å². The van der Waals surface area contributed by atoms with Crippen LogP contribution in [0, 0.1) is 0 Å². The molecule has 47 heavy (non-hydrogen) atoms. The number of esters is 4. The molecule has 0 unspecified atom stereocenters. The van der Waals surface area contributed by atoms with Crippen LogP contribution >= 0.6 is 0 Å². The lowest BCUT2D eigenvalue weighted by Crippen LogP contribution is -2.68. The molecular weight excluding hydrogens is 632 g/mol. The van der Waals surface area contributed by atoms with Gasteiger partial charge in [-0.15, -0.1) is 0 Å². The molecule has 2 fully saturated rings. The molecule has 0 radical (unpaired) electrons. The molecule has 0 aromatic heterocycles. The second kappa shape index (κ2) is 17.1. The van der Waals surface area contributed by atoms with Crippen molar-refractivity contribution in [2.75, 3.05) is 6.54 Å². The molecule has 258 valence electrons. The standard InChI is InChI=1S/C25H36N10O12/c1-10(36)41-18-14(31-34-27)8-15(32-35-28)19(22(18)44-13(4)39)46-23-17(30-24(40)47-25(5,6)7)21(43-12(3)38)20(42-11(2)37)16(45-23)9-29-33-26/h14-23H,8-9H2,1-7H3,(H,30,40)/t14-,15+,16-,17-,18+,19-,20-,21-,22-,23-/m1/s1. The van der Waals surface area contributed by atoms with Gasteiger partial charge in [-0.25, -0.2) is 4.79 Å². The molecule has 0 aromatic carbocycles. The van der Waals surface area contributed by atoms with Crippen LogP contribution in [0.5, 0.6) is 0 Å². The Morgan fingerprint density at radius 3 is 1.72 bits per heavy atom. The van der Waals surface area contributed by atoms with Gasteiger partial charge in [-0.05, 0) is 43.8 Å². The molecule has 10 atom stereocenters. The van der Waals surface area contributed by atoms with Crippen LogP contribution in [0.4, 0.5) is 4.79 Å². The maximum atomic E-state index is 13.0. The Bertz CT molecular complexity index is 1340. The lowest BCUT2D eigenvalue weighted by molar-refractivity contribution is -0.296. The Kier molecular flexibility index (Phi) is 13.9. The molecular formula is C25H36N10O12. The highest BCUT2D eigenvalue weighted by Gasteiger charge is 2.55. The third-order valence-electron chi connectivity index (χ3n) is 6.44. The fraction of sp³-hybridized carbons (Fsp3) is 0.800. The Morgan fingerprint density at radius 1 is 0.745 bits per heavy atom. The predicted molar refractivity (Wildman–Crippen MR) is 153 cm³/mol. The summed E-state index contributed by atoms with van der Waals surface area (Å²) >= 11 is 0. The molecule has 1 saturated carbocycles. The zero-order chi connectivity index (χ0) is 35.5. The number of azide groups is 3. The summed E-state index contributed by atoms with van der Waals surface area (Å²) in [7, 11) is 0. The van der Waals surface area contributed by atoms with Crippen LogP contribution in [0.3, 0.4) is 0 Å². The molecule has 0 bridgehead atoms. The summed E-state index contributed by atoms with van der Waals surface area (Å²) in [6, 6.07) is -4.05. The van der Waals surface area contributed by atoms with Crippen molar-refractivity contribution in [2.45, 2.75) is 122 Å². The van der Waals surface area contributed by atoms with E-state index < -0.39 is 103 Å². The summed E-state index contributed by atoms with van der Waals surface area (Å²) in [6.07, 6.45) is -12.1. The number of carbonyl (C=O) groups is 5. The van der Waals surface area contributed by atoms with Gasteiger partial charge in [-0.1, -0.05) is 15.3 Å². The fourth-order valence-corrected chi connectivity index (χ4v) is 5.03. The first-order valence-electron chi connectivity index (χ1n) is 14.1. The van der Waals surface area contributed by atoms with Gasteiger partial charge in [0.1, 0.15) is 30.0 Å². The van der Waals surface area contributed by atoms with Gasteiger partial charge in [0.15, 0.2) is 24.6 Å². The van der Waals surface area contributed by atoms with Crippen molar-refractivity contribution < 1.29 is 57.1 Å². The Morgan fingerprint density at radius 2 is 1.23 bits per heavy atom. The number of hydrogen-bond acceptors (Lipinski definition) is 15. The molecule has 1 N–H and O–H groups in total. The van der Waals surface area contributed by atoms with E-state index in [1.807, 2.05) is 0 Å². The summed E-state index contributed by atoms with van der Waals surface area (Å²) in [6.45, 7) is 8.40. The van der Waals surface area contributed by atoms with Crippen molar-refractivity contribution in [2.24, 2.45) is 15.3 Å². The zero-order valence-corrected chi connectivity index (χ0v) is 26.6. The van der Waals surface area contributed by atoms with Crippen molar-refractivity contribution in [1.82, 2.24) is 5.32 Å². The SMILES string of the molecule is CC(=O)O[C@@H]1[C@@H](OC(C)=O)[C@H](N=[N+]=[N-])C[C@H](N=[N+]=[N-])[C@H]1O[C@H]1O[C@H](CN=[N+]=[N-])[C@@H](OC(C)=O)[C@H](OC(C)=O)[C@H]1NC(=O)OC(C)(C)C. The molecule has 22 nitrogen and oxygen atoms in total. The first-order valence-corrected chi connectivity index (χ1v) is 14.1. The molecule has 0 spiro atoms. The number of rotatable bonds is 11. The van der Waals surface area contributed by atoms with Crippen LogP contribution in [0.2, 0.25) is 0 Å². The van der Waals surface area contributed by atoms with Gasteiger partial charge in [-0.2, -0.15) is 0 Å². The van der Waals surface area contributed by atoms with Gasteiger partial charge in [0.05, 0.1) is 18.6 Å². The maximum Gasteiger partial charge on any atom is 0.408 e. The number of hydrogen-bond donors (Lipinski definition) is 1. The van der Waals surface area contributed by atoms with E-state index >= 15 is 0 Å². The van der Waals surface area contributed by atoms with Gasteiger partial charge in [-0.3, -0.25) is 19.2 Å². The van der Waals surface area contributed by atoms with Crippen molar-refractivity contribution in [3.63, 3.8) is 0 Å². The van der Waals surface area contributed by atoms with E-state index in [2.05, 4.69) is 35.4 Å². The fourth-order valence-electron chi connectivity index (χ4n) is 5.03. The molecule has 0 aromatic rings. The second-order valence-electron chi connectivity index (χ2n) is 11.3. The molecule has 1 saturated heterocycles. The van der Waals surface area contributed by atoms with Crippen LogP contribution in [-0.4, -0.2) is 103 Å². The predicted octanol–water partition coefficient (Wildman–Crippen LogP) is 2.79. The lowest BCUT2D eigenvalue weighted by atomic mass is 9.83. The van der Waals surface area contributed by atoms with E-state index in [1.165, 1.54) is 0 Å². The summed E-state index contributed by atoms with van der Waals surface area (Å²) < 4.78 is 39.3. The van der Waals surface area contributed by atoms with Crippen molar-refractivity contribution in [3.8, 4) is 0 Å². The van der Waals surface area contributed by atoms with Gasteiger partial charge in [0, 0.05) is 42.4 Å². The van der Waals surface area contributed by atoms with E-state index in [-0.39, 0.29) is 6.42 Å². The van der Waals surface area contributed by atoms with E-state index in [4.69, 9.17) is 44.2 Å².